The molecule has 1 aromatic carbocycles. The molecule has 5 nitrogen and oxygen atoms in total. The molecule has 3 unspecified atom stereocenters. The Morgan fingerprint density at radius 1 is 1.21 bits per heavy atom. The van der Waals surface area contributed by atoms with Crippen molar-refractivity contribution in [3.8, 4) is 0 Å². The zero-order valence-electron chi connectivity index (χ0n) is 16.8. The van der Waals surface area contributed by atoms with Crippen LogP contribution in [-0.2, 0) is 22.5 Å². The maximum Gasteiger partial charge on any atom is 0.254 e. The van der Waals surface area contributed by atoms with E-state index in [9.17, 15) is 9.90 Å². The summed E-state index contributed by atoms with van der Waals surface area (Å²) in [7, 11) is 0. The van der Waals surface area contributed by atoms with Crippen molar-refractivity contribution in [1.82, 2.24) is 10.2 Å². The van der Waals surface area contributed by atoms with Crippen molar-refractivity contribution in [3.05, 3.63) is 59.2 Å². The maximum atomic E-state index is 13.0. The minimum atomic E-state index is -0.390. The number of ether oxygens (including phenoxy) is 1. The van der Waals surface area contributed by atoms with E-state index in [0.29, 0.717) is 13.2 Å². The number of allylic oxidation sites excluding steroid dienone is 2. The van der Waals surface area contributed by atoms with Crippen LogP contribution in [0.1, 0.15) is 36.8 Å². The quantitative estimate of drug-likeness (QED) is 0.823. The highest BCUT2D eigenvalue weighted by atomic mass is 16.5. The second-order valence-corrected chi connectivity index (χ2v) is 8.91. The molecule has 2 fully saturated rings. The van der Waals surface area contributed by atoms with Gasteiger partial charge in [-0.25, -0.2) is 0 Å². The molecule has 1 aliphatic carbocycles. The van der Waals surface area contributed by atoms with Gasteiger partial charge in [-0.05, 0) is 49.1 Å². The van der Waals surface area contributed by atoms with Crippen molar-refractivity contribution >= 4 is 5.91 Å². The molecule has 2 bridgehead atoms. The Labute approximate surface area is 172 Å². The summed E-state index contributed by atoms with van der Waals surface area (Å²) >= 11 is 0. The summed E-state index contributed by atoms with van der Waals surface area (Å²) in [6, 6.07) is 9.04. The Morgan fingerprint density at radius 3 is 2.69 bits per heavy atom. The van der Waals surface area contributed by atoms with Gasteiger partial charge in [-0.1, -0.05) is 42.5 Å². The van der Waals surface area contributed by atoms with Crippen LogP contribution in [0.15, 0.2) is 48.1 Å². The number of morpholine rings is 1. The Morgan fingerprint density at radius 2 is 1.97 bits per heavy atom. The highest BCUT2D eigenvalue weighted by Gasteiger charge is 2.41. The Kier molecular flexibility index (Phi) is 5.29. The van der Waals surface area contributed by atoms with E-state index in [-0.39, 0.29) is 30.0 Å². The van der Waals surface area contributed by atoms with Gasteiger partial charge in [0.25, 0.3) is 5.91 Å². The fraction of sp³-hybridized carbons (Fsp3) is 0.542. The highest BCUT2D eigenvalue weighted by molar-refractivity contribution is 5.97. The number of carbonyl (C=O) groups is 1. The summed E-state index contributed by atoms with van der Waals surface area (Å²) in [6.07, 6.45) is 10.3. The van der Waals surface area contributed by atoms with Crippen LogP contribution in [0.5, 0.6) is 0 Å². The molecule has 3 heterocycles. The van der Waals surface area contributed by atoms with Crippen molar-refractivity contribution in [2.75, 3.05) is 13.2 Å². The number of rotatable bonds is 4. The van der Waals surface area contributed by atoms with E-state index in [0.717, 1.165) is 44.2 Å². The number of benzene rings is 1. The molecule has 2 N–H and O–H groups in total. The molecule has 0 saturated carbocycles. The minimum absolute atomic E-state index is 0.0919. The van der Waals surface area contributed by atoms with Gasteiger partial charge in [-0.3, -0.25) is 4.79 Å². The largest absolute Gasteiger partial charge is 0.391 e. The third kappa shape index (κ3) is 3.79. The monoisotopic (exact) mass is 394 g/mol. The molecule has 2 saturated heterocycles. The molecule has 1 aromatic rings. The van der Waals surface area contributed by atoms with Crippen LogP contribution in [0.25, 0.3) is 0 Å². The fourth-order valence-corrected chi connectivity index (χ4v) is 5.33. The van der Waals surface area contributed by atoms with Gasteiger partial charge >= 0.3 is 0 Å². The van der Waals surface area contributed by atoms with Crippen molar-refractivity contribution in [2.45, 2.75) is 62.9 Å². The molecule has 4 aliphatic rings. The smallest absolute Gasteiger partial charge is 0.254 e. The minimum Gasteiger partial charge on any atom is -0.391 e. The molecule has 0 aromatic heterocycles. The van der Waals surface area contributed by atoms with Crippen LogP contribution < -0.4 is 5.32 Å². The molecular weight excluding hydrogens is 364 g/mol. The molecule has 0 spiro atoms. The van der Waals surface area contributed by atoms with E-state index in [4.69, 9.17) is 4.74 Å². The zero-order valence-corrected chi connectivity index (χ0v) is 16.8. The van der Waals surface area contributed by atoms with E-state index in [2.05, 4.69) is 46.6 Å². The number of carbonyl (C=O) groups excluding carboxylic acids is 1. The Balaban J connectivity index is 1.16. The van der Waals surface area contributed by atoms with E-state index in [1.54, 1.807) is 0 Å². The van der Waals surface area contributed by atoms with Crippen LogP contribution in [0.2, 0.25) is 0 Å². The Hall–Kier alpha value is -1.95. The van der Waals surface area contributed by atoms with Crippen molar-refractivity contribution in [2.24, 2.45) is 5.92 Å². The van der Waals surface area contributed by atoms with Crippen LogP contribution in [-0.4, -0.2) is 53.4 Å². The van der Waals surface area contributed by atoms with Gasteiger partial charge in [0, 0.05) is 18.2 Å². The van der Waals surface area contributed by atoms with Gasteiger partial charge in [0.15, 0.2) is 0 Å². The highest BCUT2D eigenvalue weighted by Crippen LogP contribution is 2.32. The maximum absolute atomic E-state index is 13.0. The van der Waals surface area contributed by atoms with Crippen LogP contribution in [0.4, 0.5) is 0 Å². The van der Waals surface area contributed by atoms with Crippen LogP contribution in [0, 0.1) is 5.92 Å². The SMILES string of the molecule is O=C(C1=CCC(C[C@@H](O)[C@@H]2Cc3ccccc3CN2)C=C1)N1C2CCC1COC2. The lowest BCUT2D eigenvalue weighted by atomic mass is 9.86. The molecule has 0 radical (unpaired) electrons. The molecule has 5 heteroatoms. The van der Waals surface area contributed by atoms with Gasteiger partial charge in [0.05, 0.1) is 31.4 Å². The third-order valence-electron chi connectivity index (χ3n) is 7.03. The van der Waals surface area contributed by atoms with Crippen molar-refractivity contribution in [3.63, 3.8) is 0 Å². The standard InChI is InChI=1S/C24H30N2O3/c27-23(22-12-18-3-1-2-4-19(18)13-25-22)11-16-5-7-17(8-6-16)24(28)26-20-9-10-21(26)15-29-14-20/h1-5,7-8,16,20-23,25,27H,6,9-15H2/t16?,20?,21?,22-,23+/m0/s1. The molecule has 3 aliphatic heterocycles. The number of amides is 1. The number of fused-ring (bicyclic) bond motifs is 3. The predicted molar refractivity (Wildman–Crippen MR) is 111 cm³/mol. The van der Waals surface area contributed by atoms with Gasteiger partial charge in [0.2, 0.25) is 0 Å². The number of nitrogens with zero attached hydrogens (tertiary/aromatic N) is 1. The van der Waals surface area contributed by atoms with Gasteiger partial charge in [0.1, 0.15) is 0 Å². The number of hydrogen-bond donors (Lipinski definition) is 2. The van der Waals surface area contributed by atoms with Crippen LogP contribution >= 0.6 is 0 Å². The lowest BCUT2D eigenvalue weighted by molar-refractivity contribution is -0.136. The summed E-state index contributed by atoms with van der Waals surface area (Å²) in [5.74, 6) is 0.434. The zero-order chi connectivity index (χ0) is 19.8. The summed E-state index contributed by atoms with van der Waals surface area (Å²) in [6.45, 7) is 2.16. The number of aliphatic hydroxyl groups excluding tert-OH is 1. The summed E-state index contributed by atoms with van der Waals surface area (Å²) < 4.78 is 5.60. The number of nitrogens with one attached hydrogen (secondary N) is 1. The second-order valence-electron chi connectivity index (χ2n) is 8.91. The Bertz CT molecular complexity index is 817. The van der Waals surface area contributed by atoms with E-state index in [1.807, 2.05) is 6.08 Å². The first-order valence-corrected chi connectivity index (χ1v) is 11.0. The van der Waals surface area contributed by atoms with E-state index >= 15 is 0 Å². The predicted octanol–water partition coefficient (Wildman–Crippen LogP) is 2.34. The number of hydrogen-bond acceptors (Lipinski definition) is 4. The number of aliphatic hydroxyl groups is 1. The van der Waals surface area contributed by atoms with Crippen molar-refractivity contribution < 1.29 is 14.6 Å². The summed E-state index contributed by atoms with van der Waals surface area (Å²) in [5.41, 5.74) is 3.47. The average Bonchev–Trinajstić information content (AvgIpc) is 3.01. The molecule has 5 atom stereocenters. The third-order valence-corrected chi connectivity index (χ3v) is 7.03. The molecule has 1 amide bonds. The lowest BCUT2D eigenvalue weighted by Gasteiger charge is -2.35. The van der Waals surface area contributed by atoms with E-state index in [1.165, 1.54) is 11.1 Å². The normalized spacial score (nSPS) is 31.9. The van der Waals surface area contributed by atoms with Crippen molar-refractivity contribution in [1.29, 1.82) is 0 Å². The lowest BCUT2D eigenvalue weighted by Crippen LogP contribution is -2.49. The summed E-state index contributed by atoms with van der Waals surface area (Å²) in [5, 5.41) is 14.3. The fourth-order valence-electron chi connectivity index (χ4n) is 5.33. The van der Waals surface area contributed by atoms with Gasteiger partial charge in [-0.15, -0.1) is 0 Å². The van der Waals surface area contributed by atoms with Gasteiger partial charge in [-0.2, -0.15) is 0 Å². The first kappa shape index (κ1) is 19.0. The molecule has 154 valence electrons. The molecule has 29 heavy (non-hydrogen) atoms. The first-order chi connectivity index (χ1) is 14.2. The first-order valence-electron chi connectivity index (χ1n) is 11.0. The topological polar surface area (TPSA) is 61.8 Å². The summed E-state index contributed by atoms with van der Waals surface area (Å²) in [4.78, 5) is 15.1. The average molecular weight is 395 g/mol. The van der Waals surface area contributed by atoms with Gasteiger partial charge < -0.3 is 20.1 Å². The van der Waals surface area contributed by atoms with E-state index < -0.39 is 6.10 Å². The molecule has 5 rings (SSSR count). The molecular formula is C24H30N2O3. The van der Waals surface area contributed by atoms with Crippen LogP contribution in [0.3, 0.4) is 0 Å². The second kappa shape index (κ2) is 8.05.